The van der Waals surface area contributed by atoms with Crippen molar-refractivity contribution in [2.45, 2.75) is 0 Å². The maximum absolute atomic E-state index is 13.5. The first-order valence-electron chi connectivity index (χ1n) is 5.20. The summed E-state index contributed by atoms with van der Waals surface area (Å²) in [6.07, 6.45) is 0. The number of amides is 1. The van der Waals surface area contributed by atoms with Crippen molar-refractivity contribution in [1.82, 2.24) is 0 Å². The summed E-state index contributed by atoms with van der Waals surface area (Å²) in [4.78, 5) is 12.0. The third-order valence-corrected chi connectivity index (χ3v) is 3.52. The highest BCUT2D eigenvalue weighted by Crippen LogP contribution is 2.27. The van der Waals surface area contributed by atoms with Crippen molar-refractivity contribution < 1.29 is 13.6 Å². The molecule has 0 saturated carbocycles. The lowest BCUT2D eigenvalue weighted by Crippen LogP contribution is -2.14. The Morgan fingerprint density at radius 2 is 1.74 bits per heavy atom. The van der Waals surface area contributed by atoms with E-state index in [0.717, 1.165) is 0 Å². The van der Waals surface area contributed by atoms with E-state index in [-0.39, 0.29) is 20.7 Å². The summed E-state index contributed by atoms with van der Waals surface area (Å²) in [6, 6.07) is 8.04. The molecule has 2 rings (SSSR count). The number of anilines is 1. The smallest absolute Gasteiger partial charge is 0.257 e. The number of nitrogens with one attached hydrogen (secondary N) is 1. The number of rotatable bonds is 2. The fraction of sp³-hybridized carbons (Fsp3) is 0. The molecule has 0 aliphatic rings. The molecule has 0 fully saturated rings. The largest absolute Gasteiger partial charge is 0.318 e. The summed E-state index contributed by atoms with van der Waals surface area (Å²) < 4.78 is 26.8. The van der Waals surface area contributed by atoms with Gasteiger partial charge in [-0.1, -0.05) is 23.7 Å². The summed E-state index contributed by atoms with van der Waals surface area (Å²) in [5, 5.41) is 2.39. The highest BCUT2D eigenvalue weighted by molar-refractivity contribution is 9.10. The molecule has 0 atom stereocenters. The maximum atomic E-state index is 13.5. The highest BCUT2D eigenvalue weighted by Gasteiger charge is 2.16. The van der Waals surface area contributed by atoms with Gasteiger partial charge in [0.1, 0.15) is 11.6 Å². The fourth-order valence-electron chi connectivity index (χ4n) is 1.48. The molecule has 1 amide bonds. The molecule has 98 valence electrons. The Kier molecular flexibility index (Phi) is 4.17. The van der Waals surface area contributed by atoms with E-state index in [1.165, 1.54) is 36.4 Å². The molecule has 0 aliphatic carbocycles. The van der Waals surface area contributed by atoms with E-state index in [1.807, 2.05) is 0 Å². The molecule has 0 unspecified atom stereocenters. The van der Waals surface area contributed by atoms with Crippen LogP contribution in [0.1, 0.15) is 10.4 Å². The SMILES string of the molecule is O=C(Nc1c(F)cccc1Cl)c1cccc(F)c1Br. The first-order chi connectivity index (χ1) is 9.00. The lowest BCUT2D eigenvalue weighted by molar-refractivity contribution is 0.102. The summed E-state index contributed by atoms with van der Waals surface area (Å²) in [5.74, 6) is -1.89. The second-order valence-electron chi connectivity index (χ2n) is 3.65. The van der Waals surface area contributed by atoms with E-state index in [1.54, 1.807) is 0 Å². The van der Waals surface area contributed by atoms with Crippen LogP contribution in [0.5, 0.6) is 0 Å². The number of halogens is 4. The molecule has 2 aromatic rings. The molecule has 2 nitrogen and oxygen atoms in total. The van der Waals surface area contributed by atoms with Gasteiger partial charge in [0.15, 0.2) is 0 Å². The number of hydrogen-bond donors (Lipinski definition) is 1. The van der Waals surface area contributed by atoms with Gasteiger partial charge in [-0.15, -0.1) is 0 Å². The van der Waals surface area contributed by atoms with Crippen LogP contribution in [0.4, 0.5) is 14.5 Å². The molecule has 0 aromatic heterocycles. The Morgan fingerprint density at radius 3 is 2.42 bits per heavy atom. The molecule has 2 aromatic carbocycles. The van der Waals surface area contributed by atoms with Crippen LogP contribution in [0.3, 0.4) is 0 Å². The summed E-state index contributed by atoms with van der Waals surface area (Å²) in [6.45, 7) is 0. The number of carbonyl (C=O) groups excluding carboxylic acids is 1. The summed E-state index contributed by atoms with van der Waals surface area (Å²) in [7, 11) is 0. The quantitative estimate of drug-likeness (QED) is 0.844. The zero-order chi connectivity index (χ0) is 14.0. The van der Waals surface area contributed by atoms with Crippen LogP contribution in [0.25, 0.3) is 0 Å². The number of para-hydroxylation sites is 1. The van der Waals surface area contributed by atoms with E-state index >= 15 is 0 Å². The van der Waals surface area contributed by atoms with Gasteiger partial charge < -0.3 is 5.32 Å². The van der Waals surface area contributed by atoms with E-state index in [4.69, 9.17) is 11.6 Å². The van der Waals surface area contributed by atoms with E-state index in [2.05, 4.69) is 21.2 Å². The minimum atomic E-state index is -0.659. The molecule has 0 bridgehead atoms. The number of hydrogen-bond acceptors (Lipinski definition) is 1. The van der Waals surface area contributed by atoms with E-state index < -0.39 is 17.5 Å². The van der Waals surface area contributed by atoms with Crippen LogP contribution < -0.4 is 5.32 Å². The van der Waals surface area contributed by atoms with E-state index in [9.17, 15) is 13.6 Å². The van der Waals surface area contributed by atoms with Gasteiger partial charge >= 0.3 is 0 Å². The molecule has 0 spiro atoms. The topological polar surface area (TPSA) is 29.1 Å². The monoisotopic (exact) mass is 345 g/mol. The molecule has 0 aliphatic heterocycles. The third kappa shape index (κ3) is 2.93. The average Bonchev–Trinajstić information content (AvgIpc) is 2.37. The Bertz CT molecular complexity index is 628. The van der Waals surface area contributed by atoms with Gasteiger partial charge in [-0.05, 0) is 40.2 Å². The fourth-order valence-corrected chi connectivity index (χ4v) is 2.13. The van der Waals surface area contributed by atoms with Gasteiger partial charge in [0.2, 0.25) is 0 Å². The predicted molar refractivity (Wildman–Crippen MR) is 73.5 cm³/mol. The van der Waals surface area contributed by atoms with Crippen LogP contribution in [0.2, 0.25) is 5.02 Å². The lowest BCUT2D eigenvalue weighted by Gasteiger charge is -2.09. The second-order valence-corrected chi connectivity index (χ2v) is 4.85. The van der Waals surface area contributed by atoms with Crippen molar-refractivity contribution in [3.63, 3.8) is 0 Å². The van der Waals surface area contributed by atoms with Gasteiger partial charge in [0.25, 0.3) is 5.91 Å². The summed E-state index contributed by atoms with van der Waals surface area (Å²) >= 11 is 8.76. The predicted octanol–water partition coefficient (Wildman–Crippen LogP) is 4.63. The molecule has 6 heteroatoms. The minimum Gasteiger partial charge on any atom is -0.318 e. The van der Waals surface area contributed by atoms with Gasteiger partial charge in [-0.3, -0.25) is 4.79 Å². The highest BCUT2D eigenvalue weighted by atomic mass is 79.9. The third-order valence-electron chi connectivity index (χ3n) is 2.40. The molecule has 0 radical (unpaired) electrons. The molecule has 0 heterocycles. The van der Waals surface area contributed by atoms with Crippen molar-refractivity contribution in [3.05, 3.63) is 63.1 Å². The first-order valence-corrected chi connectivity index (χ1v) is 6.37. The number of benzene rings is 2. The normalized spacial score (nSPS) is 10.3. The molecular formula is C13H7BrClF2NO. The maximum Gasteiger partial charge on any atom is 0.257 e. The zero-order valence-electron chi connectivity index (χ0n) is 9.38. The molecule has 0 saturated heterocycles. The lowest BCUT2D eigenvalue weighted by atomic mass is 10.2. The Hall–Kier alpha value is -1.46. The Morgan fingerprint density at radius 1 is 1.11 bits per heavy atom. The van der Waals surface area contributed by atoms with Crippen LogP contribution >= 0.6 is 27.5 Å². The van der Waals surface area contributed by atoms with Gasteiger partial charge in [-0.25, -0.2) is 8.78 Å². The van der Waals surface area contributed by atoms with Gasteiger partial charge in [0, 0.05) is 0 Å². The van der Waals surface area contributed by atoms with Crippen molar-refractivity contribution in [1.29, 1.82) is 0 Å². The van der Waals surface area contributed by atoms with Crippen molar-refractivity contribution in [3.8, 4) is 0 Å². The van der Waals surface area contributed by atoms with Crippen molar-refractivity contribution >= 4 is 39.1 Å². The van der Waals surface area contributed by atoms with Gasteiger partial charge in [-0.2, -0.15) is 0 Å². The second kappa shape index (κ2) is 5.67. The Labute approximate surface area is 121 Å². The minimum absolute atomic E-state index is 0.0139. The van der Waals surface area contributed by atoms with Crippen LogP contribution in [-0.2, 0) is 0 Å². The Balaban J connectivity index is 2.34. The van der Waals surface area contributed by atoms with Crippen molar-refractivity contribution in [2.24, 2.45) is 0 Å². The van der Waals surface area contributed by atoms with E-state index in [0.29, 0.717) is 0 Å². The average molecular weight is 347 g/mol. The van der Waals surface area contributed by atoms with Crippen LogP contribution in [0.15, 0.2) is 40.9 Å². The first kappa shape index (κ1) is 14.0. The van der Waals surface area contributed by atoms with Crippen LogP contribution in [-0.4, -0.2) is 5.91 Å². The number of carbonyl (C=O) groups is 1. The van der Waals surface area contributed by atoms with Crippen LogP contribution in [0, 0.1) is 11.6 Å². The molecular weight excluding hydrogens is 340 g/mol. The zero-order valence-corrected chi connectivity index (χ0v) is 11.7. The molecule has 1 N–H and O–H groups in total. The molecule has 19 heavy (non-hydrogen) atoms. The van der Waals surface area contributed by atoms with Gasteiger partial charge in [0.05, 0.1) is 20.7 Å². The summed E-state index contributed by atoms with van der Waals surface area (Å²) in [5.41, 5.74) is -0.0790. The van der Waals surface area contributed by atoms with Crippen molar-refractivity contribution in [2.75, 3.05) is 5.32 Å². The standard InChI is InChI=1S/C13H7BrClF2NO/c14-11-7(3-1-5-9(11)16)13(19)18-12-8(15)4-2-6-10(12)17/h1-6H,(H,18,19).